The molecule has 1 unspecified atom stereocenters. The minimum atomic E-state index is -4.83. The Bertz CT molecular complexity index is 215. The fourth-order valence-corrected chi connectivity index (χ4v) is 1.29. The smallest absolute Gasteiger partial charge is 0.249 e. The molecule has 0 spiro atoms. The molecule has 86 valence electrons. The number of phosphoric acid groups is 1. The second-order valence-electron chi connectivity index (χ2n) is 1.92. The van der Waals surface area contributed by atoms with Gasteiger partial charge in [0.1, 0.15) is 6.42 Å². The Kier molecular flexibility index (Phi) is 5.64. The number of rotatable bonds is 5. The Morgan fingerprint density at radius 3 is 2.00 bits per heavy atom. The largest absolute Gasteiger partial charge is 0.510 e. The lowest BCUT2D eigenvalue weighted by molar-refractivity contribution is -0.167. The fourth-order valence-electron chi connectivity index (χ4n) is 0.403. The highest BCUT2D eigenvalue weighted by Crippen LogP contribution is 2.53. The van der Waals surface area contributed by atoms with Crippen LogP contribution in [0.3, 0.4) is 0 Å². The molecule has 0 heterocycles. The summed E-state index contributed by atoms with van der Waals surface area (Å²) in [6.07, 6.45) is -9.77. The lowest BCUT2D eigenvalue weighted by Crippen LogP contribution is -2.17. The summed E-state index contributed by atoms with van der Waals surface area (Å²) in [7, 11) is -4.67. The van der Waals surface area contributed by atoms with Gasteiger partial charge in [0.25, 0.3) is 0 Å². The van der Waals surface area contributed by atoms with Crippen molar-refractivity contribution in [1.82, 2.24) is 0 Å². The van der Waals surface area contributed by atoms with Gasteiger partial charge >= 0.3 is 14.0 Å². The quantitative estimate of drug-likeness (QED) is 0.569. The van der Waals surface area contributed by atoms with Crippen LogP contribution < -0.4 is 0 Å². The Morgan fingerprint density at radius 1 is 1.29 bits per heavy atom. The molecule has 1 atom stereocenters. The molecule has 0 aliphatic carbocycles. The molecule has 0 aliphatic rings. The van der Waals surface area contributed by atoms with Gasteiger partial charge in [-0.05, 0) is 0 Å². The lowest BCUT2D eigenvalue weighted by atomic mass is 10.4. The van der Waals surface area contributed by atoms with Crippen molar-refractivity contribution in [3.63, 3.8) is 0 Å². The molecule has 0 aromatic carbocycles. The molecule has 0 aromatic heterocycles. The molecule has 0 amide bonds. The third-order valence-electron chi connectivity index (χ3n) is 0.804. The first-order chi connectivity index (χ1) is 6.22. The van der Waals surface area contributed by atoms with E-state index in [2.05, 4.69) is 36.4 Å². The van der Waals surface area contributed by atoms with Gasteiger partial charge in [0.15, 0.2) is 0 Å². The van der Waals surface area contributed by atoms with E-state index in [0.717, 1.165) is 0 Å². The molecule has 0 rings (SSSR count). The summed E-state index contributed by atoms with van der Waals surface area (Å²) >= 11 is 8.96. The number of alkyl halides is 4. The van der Waals surface area contributed by atoms with Gasteiger partial charge in [-0.3, -0.25) is 0 Å². The highest BCUT2D eigenvalue weighted by atomic mass is 35.5. The van der Waals surface area contributed by atoms with E-state index in [1.54, 1.807) is 0 Å². The predicted octanol–water partition coefficient (Wildman–Crippen LogP) is 3.70. The molecule has 0 bridgehead atoms. The van der Waals surface area contributed by atoms with Crippen LogP contribution in [0.25, 0.3) is 0 Å². The van der Waals surface area contributed by atoms with Crippen LogP contribution in [0.15, 0.2) is 0 Å². The number of halogens is 6. The maximum atomic E-state index is 12.4. The van der Waals surface area contributed by atoms with Crippen molar-refractivity contribution < 1.29 is 34.8 Å². The van der Waals surface area contributed by atoms with Crippen molar-refractivity contribution in [2.75, 3.05) is 0 Å². The van der Waals surface area contributed by atoms with Crippen LogP contribution >= 0.6 is 31.6 Å². The molecule has 0 N–H and O–H groups in total. The summed E-state index contributed by atoms with van der Waals surface area (Å²) in [6, 6.07) is 0. The SMILES string of the molecule is O=P(OCl)(OCl)OC(F)CC(F)(F)F. The van der Waals surface area contributed by atoms with Crippen LogP contribution in [-0.4, -0.2) is 12.5 Å². The second-order valence-corrected chi connectivity index (χ2v) is 4.13. The highest BCUT2D eigenvalue weighted by Gasteiger charge is 2.38. The third-order valence-corrected chi connectivity index (χ3v) is 2.64. The molecule has 11 heteroatoms. The second kappa shape index (κ2) is 5.48. The van der Waals surface area contributed by atoms with Crippen LogP contribution in [0, 0.1) is 0 Å². The lowest BCUT2D eigenvalue weighted by Gasteiger charge is -2.14. The minimum absolute atomic E-state index is 1.99. The predicted molar refractivity (Wildman–Crippen MR) is 38.1 cm³/mol. The van der Waals surface area contributed by atoms with Gasteiger partial charge in [-0.25, -0.2) is 13.5 Å². The van der Waals surface area contributed by atoms with Crippen LogP contribution in [-0.2, 0) is 17.2 Å². The Labute approximate surface area is 86.0 Å². The molecule has 0 aliphatic heterocycles. The van der Waals surface area contributed by atoms with E-state index in [9.17, 15) is 22.1 Å². The average molecular weight is 281 g/mol. The van der Waals surface area contributed by atoms with Gasteiger partial charge in [-0.1, -0.05) is 0 Å². The van der Waals surface area contributed by atoms with E-state index in [1.807, 2.05) is 0 Å². The fraction of sp³-hybridized carbons (Fsp3) is 1.00. The number of hydrogen-bond acceptors (Lipinski definition) is 4. The van der Waals surface area contributed by atoms with Gasteiger partial charge < -0.3 is 0 Å². The van der Waals surface area contributed by atoms with Gasteiger partial charge in [0.05, 0.1) is 23.7 Å². The topological polar surface area (TPSA) is 44.8 Å². The van der Waals surface area contributed by atoms with Gasteiger partial charge in [-0.2, -0.15) is 21.3 Å². The normalized spacial score (nSPS) is 15.6. The van der Waals surface area contributed by atoms with Gasteiger partial charge in [0.2, 0.25) is 6.36 Å². The molecule has 4 nitrogen and oxygen atoms in total. The molecular formula is C3H3Cl2F4O4P. The van der Waals surface area contributed by atoms with E-state index in [0.29, 0.717) is 0 Å². The van der Waals surface area contributed by atoms with Crippen molar-refractivity contribution in [3.8, 4) is 0 Å². The van der Waals surface area contributed by atoms with E-state index in [4.69, 9.17) is 0 Å². The van der Waals surface area contributed by atoms with Crippen molar-refractivity contribution in [1.29, 1.82) is 0 Å². The van der Waals surface area contributed by atoms with E-state index >= 15 is 0 Å². The van der Waals surface area contributed by atoms with Gasteiger partial charge in [-0.15, -0.1) is 0 Å². The molecular weight excluding hydrogens is 278 g/mol. The van der Waals surface area contributed by atoms with Crippen LogP contribution in [0.2, 0.25) is 0 Å². The van der Waals surface area contributed by atoms with E-state index in [1.165, 1.54) is 0 Å². The monoisotopic (exact) mass is 280 g/mol. The van der Waals surface area contributed by atoms with Crippen molar-refractivity contribution in [2.45, 2.75) is 19.0 Å². The molecule has 0 aromatic rings. The molecule has 0 saturated heterocycles. The summed E-state index contributed by atoms with van der Waals surface area (Å²) in [4.78, 5) is 0. The highest BCUT2D eigenvalue weighted by molar-refractivity contribution is 7.50. The van der Waals surface area contributed by atoms with Crippen molar-refractivity contribution in [2.24, 2.45) is 0 Å². The van der Waals surface area contributed by atoms with Crippen LogP contribution in [0.5, 0.6) is 0 Å². The van der Waals surface area contributed by atoms with Crippen LogP contribution in [0.1, 0.15) is 6.42 Å². The zero-order chi connectivity index (χ0) is 11.4. The zero-order valence-corrected chi connectivity index (χ0v) is 8.54. The maximum absolute atomic E-state index is 12.4. The third kappa shape index (κ3) is 6.00. The van der Waals surface area contributed by atoms with Gasteiger partial charge in [0, 0.05) is 0 Å². The molecule has 0 saturated carbocycles. The average Bonchev–Trinajstić information content (AvgIpc) is 2.00. The van der Waals surface area contributed by atoms with Crippen molar-refractivity contribution in [3.05, 3.63) is 0 Å². The summed E-state index contributed by atoms with van der Waals surface area (Å²) in [5.74, 6) is 0. The first kappa shape index (κ1) is 14.4. The molecule has 0 fully saturated rings. The maximum Gasteiger partial charge on any atom is 0.510 e. The van der Waals surface area contributed by atoms with E-state index < -0.39 is 26.8 Å². The first-order valence-electron chi connectivity index (χ1n) is 2.82. The Balaban J connectivity index is 4.18. The standard InChI is InChI=1S/C3H3Cl2F4O4P/c4-12-14(10,13-5)11-2(6)1-3(7,8)9/h2H,1H2. The Hall–Kier alpha value is 0.410. The summed E-state index contributed by atoms with van der Waals surface area (Å²) < 4.78 is 68.1. The van der Waals surface area contributed by atoms with Crippen LogP contribution in [0.4, 0.5) is 17.6 Å². The summed E-state index contributed by atoms with van der Waals surface area (Å²) in [5, 5.41) is 0. The Morgan fingerprint density at radius 2 is 1.71 bits per heavy atom. The van der Waals surface area contributed by atoms with E-state index in [-0.39, 0.29) is 0 Å². The van der Waals surface area contributed by atoms with Crippen molar-refractivity contribution >= 4 is 31.6 Å². The summed E-state index contributed by atoms with van der Waals surface area (Å²) in [6.45, 7) is 0. The zero-order valence-electron chi connectivity index (χ0n) is 6.13. The molecule has 0 radical (unpaired) electrons. The minimum Gasteiger partial charge on any atom is -0.249 e. The first-order valence-corrected chi connectivity index (χ1v) is 4.90. The molecule has 14 heavy (non-hydrogen) atoms. The number of hydrogen-bond donors (Lipinski definition) is 0. The summed E-state index contributed by atoms with van der Waals surface area (Å²) in [5.41, 5.74) is 0.